The molecule has 0 unspecified atom stereocenters. The Hall–Kier alpha value is -3.26. The highest BCUT2D eigenvalue weighted by Gasteiger charge is 2.12. The van der Waals surface area contributed by atoms with Crippen LogP contribution in [0.15, 0.2) is 59.3 Å². The fourth-order valence-electron chi connectivity index (χ4n) is 3.17. The Bertz CT molecular complexity index is 1160. The third-order valence-electron chi connectivity index (χ3n) is 4.74. The van der Waals surface area contributed by atoms with Crippen molar-refractivity contribution < 1.29 is 9.21 Å². The Morgan fingerprint density at radius 3 is 2.80 bits per heavy atom. The van der Waals surface area contributed by atoms with E-state index in [1.54, 1.807) is 22.8 Å². The van der Waals surface area contributed by atoms with E-state index in [1.807, 2.05) is 38.2 Å². The van der Waals surface area contributed by atoms with Gasteiger partial charge >= 0.3 is 0 Å². The van der Waals surface area contributed by atoms with Crippen molar-refractivity contribution in [2.75, 3.05) is 18.4 Å². The highest BCUT2D eigenvalue weighted by Crippen LogP contribution is 2.28. The molecule has 4 aromatic rings. The predicted molar refractivity (Wildman–Crippen MR) is 120 cm³/mol. The first-order chi connectivity index (χ1) is 14.6. The molecular formula is C21H21BClN5O2. The minimum Gasteiger partial charge on any atom is -0.459 e. The number of carbonyl (C=O) groups is 1. The normalized spacial score (nSPS) is 11.0. The van der Waals surface area contributed by atoms with E-state index in [2.05, 4.69) is 15.7 Å². The van der Waals surface area contributed by atoms with Crippen molar-refractivity contribution in [3.63, 3.8) is 0 Å². The summed E-state index contributed by atoms with van der Waals surface area (Å²) in [6, 6.07) is 13.0. The molecule has 0 aliphatic heterocycles. The van der Waals surface area contributed by atoms with Gasteiger partial charge in [0, 0.05) is 35.9 Å². The predicted octanol–water partition coefficient (Wildman–Crippen LogP) is 2.52. The Labute approximate surface area is 179 Å². The van der Waals surface area contributed by atoms with Gasteiger partial charge in [-0.05, 0) is 36.5 Å². The Balaban J connectivity index is 1.40. The topological polar surface area (TPSA) is 84.5 Å². The van der Waals surface area contributed by atoms with Crippen LogP contribution in [0.4, 0.5) is 5.82 Å². The van der Waals surface area contributed by atoms with Gasteiger partial charge in [-0.1, -0.05) is 29.8 Å². The van der Waals surface area contributed by atoms with Crippen molar-refractivity contribution in [3.05, 3.63) is 65.7 Å². The number of aromatic nitrogens is 3. The summed E-state index contributed by atoms with van der Waals surface area (Å²) in [5.74, 6) is 0.983. The first-order valence-electron chi connectivity index (χ1n) is 9.79. The number of anilines is 1. The molecule has 9 heteroatoms. The molecule has 7 nitrogen and oxygen atoms in total. The number of hydrogen-bond donors (Lipinski definition) is 2. The van der Waals surface area contributed by atoms with Gasteiger partial charge in [-0.15, -0.1) is 0 Å². The van der Waals surface area contributed by atoms with E-state index < -0.39 is 0 Å². The molecule has 0 aliphatic carbocycles. The smallest absolute Gasteiger partial charge is 0.286 e. The van der Waals surface area contributed by atoms with E-state index >= 15 is 0 Å². The van der Waals surface area contributed by atoms with Crippen LogP contribution in [0.1, 0.15) is 23.4 Å². The molecule has 1 amide bonds. The van der Waals surface area contributed by atoms with Crippen molar-refractivity contribution in [2.24, 2.45) is 0 Å². The Morgan fingerprint density at radius 1 is 1.17 bits per heavy atom. The van der Waals surface area contributed by atoms with Gasteiger partial charge in [0.25, 0.3) is 5.91 Å². The lowest BCUT2D eigenvalue weighted by molar-refractivity contribution is 0.0925. The number of amides is 1. The molecule has 2 N–H and O–H groups in total. The summed E-state index contributed by atoms with van der Waals surface area (Å²) in [5, 5.41) is 11.4. The van der Waals surface area contributed by atoms with Gasteiger partial charge in [0.05, 0.1) is 12.0 Å². The summed E-state index contributed by atoms with van der Waals surface area (Å²) in [5.41, 5.74) is 3.46. The van der Waals surface area contributed by atoms with Crippen LogP contribution in [0.3, 0.4) is 0 Å². The maximum absolute atomic E-state index is 11.9. The summed E-state index contributed by atoms with van der Waals surface area (Å²) in [6.45, 7) is 1.31. The summed E-state index contributed by atoms with van der Waals surface area (Å²) < 4.78 is 6.88. The maximum atomic E-state index is 11.9. The fraction of sp³-hybridized carbons (Fsp3) is 0.190. The van der Waals surface area contributed by atoms with Gasteiger partial charge in [-0.2, -0.15) is 9.61 Å². The van der Waals surface area contributed by atoms with Crippen molar-refractivity contribution in [1.82, 2.24) is 19.9 Å². The minimum absolute atomic E-state index is 0.194. The third kappa shape index (κ3) is 4.33. The average Bonchev–Trinajstić information content (AvgIpc) is 3.41. The summed E-state index contributed by atoms with van der Waals surface area (Å²) in [4.78, 5) is 16.6. The van der Waals surface area contributed by atoms with Crippen LogP contribution in [0, 0.1) is 0 Å². The number of unbranched alkanes of at least 4 members (excludes halogenated alkanes) is 1. The number of nitrogens with one attached hydrogen (secondary N) is 2. The fourth-order valence-corrected chi connectivity index (χ4v) is 3.40. The molecule has 30 heavy (non-hydrogen) atoms. The molecule has 0 saturated carbocycles. The molecular weight excluding hydrogens is 401 g/mol. The second kappa shape index (κ2) is 9.05. The van der Waals surface area contributed by atoms with Gasteiger partial charge in [-0.25, -0.2) is 4.98 Å². The van der Waals surface area contributed by atoms with Crippen LogP contribution in [0.5, 0.6) is 0 Å². The second-order valence-electron chi connectivity index (χ2n) is 6.94. The highest BCUT2D eigenvalue weighted by atomic mass is 35.5. The largest absolute Gasteiger partial charge is 0.459 e. The second-order valence-corrected chi connectivity index (χ2v) is 7.34. The van der Waals surface area contributed by atoms with E-state index in [1.165, 1.54) is 6.26 Å². The molecule has 4 rings (SSSR count). The maximum Gasteiger partial charge on any atom is 0.286 e. The van der Waals surface area contributed by atoms with Crippen LogP contribution < -0.4 is 16.1 Å². The number of benzene rings is 1. The van der Waals surface area contributed by atoms with Crippen LogP contribution >= 0.6 is 11.6 Å². The zero-order valence-corrected chi connectivity index (χ0v) is 17.3. The quantitative estimate of drug-likeness (QED) is 0.337. The Kier molecular flexibility index (Phi) is 6.04. The molecule has 0 bridgehead atoms. The van der Waals surface area contributed by atoms with E-state index in [-0.39, 0.29) is 5.91 Å². The Morgan fingerprint density at radius 2 is 2.00 bits per heavy atom. The molecule has 0 atom stereocenters. The standard InChI is InChI=1S/C21H21BClN5O2/c22-15-13-26-28-19(12-17(27-20(15)28)14-6-1-2-7-16(14)23)24-9-3-4-10-25-21(29)18-8-5-11-30-18/h1-2,5-8,11-13,24H,3-4,9-10,22H2,(H,25,29). The number of furan rings is 1. The molecule has 152 valence electrons. The van der Waals surface area contributed by atoms with E-state index in [4.69, 9.17) is 21.0 Å². The van der Waals surface area contributed by atoms with Crippen LogP contribution in [-0.4, -0.2) is 41.4 Å². The van der Waals surface area contributed by atoms with E-state index in [0.29, 0.717) is 17.3 Å². The minimum atomic E-state index is -0.194. The SMILES string of the molecule is Bc1cnn2c(NCCCCNC(=O)c3ccco3)cc(-c3ccccc3Cl)nc12. The molecule has 0 fully saturated rings. The number of nitrogens with zero attached hydrogens (tertiary/aromatic N) is 3. The first-order valence-corrected chi connectivity index (χ1v) is 10.2. The number of rotatable bonds is 8. The first kappa shape index (κ1) is 20.0. The van der Waals surface area contributed by atoms with Crippen LogP contribution in [0.25, 0.3) is 16.9 Å². The van der Waals surface area contributed by atoms with Crippen LogP contribution in [-0.2, 0) is 0 Å². The van der Waals surface area contributed by atoms with Gasteiger partial charge in [-0.3, -0.25) is 4.79 Å². The molecule has 3 aromatic heterocycles. The van der Waals surface area contributed by atoms with Crippen molar-refractivity contribution >= 4 is 42.3 Å². The van der Waals surface area contributed by atoms with E-state index in [9.17, 15) is 4.79 Å². The lowest BCUT2D eigenvalue weighted by Gasteiger charge is -2.12. The number of halogens is 1. The van der Waals surface area contributed by atoms with Crippen LogP contribution in [0.2, 0.25) is 5.02 Å². The zero-order valence-electron chi connectivity index (χ0n) is 16.6. The lowest BCUT2D eigenvalue weighted by atomic mass is 10.0. The third-order valence-corrected chi connectivity index (χ3v) is 5.07. The molecule has 0 aliphatic rings. The average molecular weight is 422 g/mol. The monoisotopic (exact) mass is 421 g/mol. The van der Waals surface area contributed by atoms with Crippen molar-refractivity contribution in [3.8, 4) is 11.3 Å². The van der Waals surface area contributed by atoms with Gasteiger partial charge in [0.15, 0.2) is 11.4 Å². The molecule has 3 heterocycles. The molecule has 0 saturated heterocycles. The number of fused-ring (bicyclic) bond motifs is 1. The number of hydrogen-bond acceptors (Lipinski definition) is 5. The zero-order chi connectivity index (χ0) is 20.9. The lowest BCUT2D eigenvalue weighted by Crippen LogP contribution is -2.24. The van der Waals surface area contributed by atoms with Gasteiger partial charge in [0.1, 0.15) is 13.7 Å². The van der Waals surface area contributed by atoms with Gasteiger partial charge < -0.3 is 15.1 Å². The summed E-state index contributed by atoms with van der Waals surface area (Å²) in [6.07, 6.45) is 5.00. The summed E-state index contributed by atoms with van der Waals surface area (Å²) >= 11 is 6.38. The molecule has 1 aromatic carbocycles. The molecule has 0 spiro atoms. The summed E-state index contributed by atoms with van der Waals surface area (Å²) in [7, 11) is 1.98. The van der Waals surface area contributed by atoms with E-state index in [0.717, 1.165) is 47.6 Å². The van der Waals surface area contributed by atoms with Gasteiger partial charge in [0.2, 0.25) is 0 Å². The van der Waals surface area contributed by atoms with Crippen molar-refractivity contribution in [1.29, 1.82) is 0 Å². The number of carbonyl (C=O) groups excluding carboxylic acids is 1. The van der Waals surface area contributed by atoms with Crippen molar-refractivity contribution in [2.45, 2.75) is 12.8 Å². The molecule has 0 radical (unpaired) electrons. The highest BCUT2D eigenvalue weighted by molar-refractivity contribution is 6.36.